The van der Waals surface area contributed by atoms with E-state index in [4.69, 9.17) is 0 Å². The summed E-state index contributed by atoms with van der Waals surface area (Å²) < 4.78 is 0. The van der Waals surface area contributed by atoms with Crippen molar-refractivity contribution in [3.8, 4) is 11.4 Å². The van der Waals surface area contributed by atoms with E-state index in [9.17, 15) is 4.79 Å². The van der Waals surface area contributed by atoms with E-state index in [1.807, 2.05) is 12.1 Å². The number of rotatable bonds is 2. The molecule has 3 aromatic rings. The summed E-state index contributed by atoms with van der Waals surface area (Å²) in [6.45, 7) is 0. The fraction of sp³-hybridized carbons (Fsp3) is 0.0833. The van der Waals surface area contributed by atoms with E-state index in [0.29, 0.717) is 11.5 Å². The lowest BCUT2D eigenvalue weighted by Gasteiger charge is -1.95. The van der Waals surface area contributed by atoms with Crippen LogP contribution in [0, 0.1) is 0 Å². The molecule has 0 radical (unpaired) electrons. The van der Waals surface area contributed by atoms with Crippen molar-refractivity contribution in [2.45, 2.75) is 0 Å². The average Bonchev–Trinajstić information content (AvgIpc) is 2.81. The summed E-state index contributed by atoms with van der Waals surface area (Å²) in [6, 6.07) is 7.05. The fourth-order valence-electron chi connectivity index (χ4n) is 1.76. The summed E-state index contributed by atoms with van der Waals surface area (Å²) in [5, 5.41) is 2.96. The first-order valence-electron chi connectivity index (χ1n) is 5.50. The van der Waals surface area contributed by atoms with Crippen LogP contribution >= 0.6 is 0 Å². The second kappa shape index (κ2) is 3.99. The van der Waals surface area contributed by atoms with Crippen LogP contribution in [0.3, 0.4) is 0 Å². The molecule has 3 heterocycles. The number of nitrogens with one attached hydrogen (secondary N) is 3. The van der Waals surface area contributed by atoms with Gasteiger partial charge in [0.15, 0.2) is 5.65 Å². The van der Waals surface area contributed by atoms with Crippen molar-refractivity contribution in [1.82, 2.24) is 19.9 Å². The predicted molar refractivity (Wildman–Crippen MR) is 69.5 cm³/mol. The van der Waals surface area contributed by atoms with Crippen LogP contribution in [0.2, 0.25) is 0 Å². The third-order valence-corrected chi connectivity index (χ3v) is 2.65. The molecular weight excluding hydrogens is 230 g/mol. The summed E-state index contributed by atoms with van der Waals surface area (Å²) in [6.07, 6.45) is 1.59. The van der Waals surface area contributed by atoms with Crippen LogP contribution in [0.1, 0.15) is 0 Å². The molecule has 6 heteroatoms. The van der Waals surface area contributed by atoms with E-state index in [1.165, 1.54) is 6.07 Å². The summed E-state index contributed by atoms with van der Waals surface area (Å²) in [7, 11) is 1.80. The molecule has 3 N–H and O–H groups in total. The number of nitrogens with zero attached hydrogens (tertiary/aromatic N) is 2. The minimum absolute atomic E-state index is 0.156. The normalized spacial score (nSPS) is 10.7. The van der Waals surface area contributed by atoms with Crippen molar-refractivity contribution in [3.05, 3.63) is 40.8 Å². The first-order chi connectivity index (χ1) is 8.76. The maximum absolute atomic E-state index is 11.3. The molecule has 0 aromatic carbocycles. The lowest BCUT2D eigenvalue weighted by molar-refractivity contribution is 1.22. The highest BCUT2D eigenvalue weighted by Crippen LogP contribution is 2.18. The summed E-state index contributed by atoms with van der Waals surface area (Å²) in [5.74, 6) is 1.39. The number of aromatic amines is 2. The molecule has 0 aliphatic rings. The third-order valence-electron chi connectivity index (χ3n) is 2.65. The lowest BCUT2D eigenvalue weighted by atomic mass is 10.2. The maximum Gasteiger partial charge on any atom is 0.248 e. The van der Waals surface area contributed by atoms with Crippen molar-refractivity contribution in [2.75, 3.05) is 12.4 Å². The molecule has 0 saturated carbocycles. The zero-order chi connectivity index (χ0) is 12.5. The van der Waals surface area contributed by atoms with Gasteiger partial charge in [0.2, 0.25) is 5.56 Å². The largest absolute Gasteiger partial charge is 0.373 e. The van der Waals surface area contributed by atoms with Gasteiger partial charge in [0.1, 0.15) is 11.6 Å². The highest BCUT2D eigenvalue weighted by molar-refractivity contribution is 5.77. The molecule has 0 bridgehead atoms. The van der Waals surface area contributed by atoms with Gasteiger partial charge in [0.25, 0.3) is 0 Å². The molecule has 3 rings (SSSR count). The summed E-state index contributed by atoms with van der Waals surface area (Å²) >= 11 is 0. The quantitative estimate of drug-likeness (QED) is 0.632. The lowest BCUT2D eigenvalue weighted by Crippen LogP contribution is -2.02. The van der Waals surface area contributed by atoms with Crippen LogP contribution in [-0.2, 0) is 0 Å². The van der Waals surface area contributed by atoms with E-state index in [0.717, 1.165) is 16.9 Å². The molecule has 0 fully saturated rings. The molecule has 0 atom stereocenters. The standard InChI is InChI=1S/C12H11N5O/c1-13-9-3-2-8-12(16-9)17-11(15-8)7-4-5-14-10(18)6-7/h2-6H,1H3,(H,14,18)(H2,13,15,16,17). The number of pyridine rings is 2. The van der Waals surface area contributed by atoms with Crippen molar-refractivity contribution in [1.29, 1.82) is 0 Å². The highest BCUT2D eigenvalue weighted by atomic mass is 16.1. The zero-order valence-corrected chi connectivity index (χ0v) is 9.69. The minimum Gasteiger partial charge on any atom is -0.373 e. The monoisotopic (exact) mass is 241 g/mol. The number of hydrogen-bond donors (Lipinski definition) is 3. The second-order valence-corrected chi connectivity index (χ2v) is 3.84. The van der Waals surface area contributed by atoms with Crippen molar-refractivity contribution in [3.63, 3.8) is 0 Å². The van der Waals surface area contributed by atoms with Crippen LogP contribution in [-0.4, -0.2) is 27.0 Å². The van der Waals surface area contributed by atoms with Crippen LogP contribution in [0.4, 0.5) is 5.82 Å². The number of anilines is 1. The Morgan fingerprint density at radius 2 is 2.11 bits per heavy atom. The predicted octanol–water partition coefficient (Wildman–Crippen LogP) is 1.35. The average molecular weight is 241 g/mol. The Hall–Kier alpha value is -2.63. The van der Waals surface area contributed by atoms with Gasteiger partial charge in [-0.1, -0.05) is 0 Å². The molecule has 0 aliphatic heterocycles. The Balaban J connectivity index is 2.16. The van der Waals surface area contributed by atoms with E-state index in [2.05, 4.69) is 25.3 Å². The van der Waals surface area contributed by atoms with Gasteiger partial charge in [-0.25, -0.2) is 9.97 Å². The van der Waals surface area contributed by atoms with Gasteiger partial charge >= 0.3 is 0 Å². The smallest absolute Gasteiger partial charge is 0.248 e. The van der Waals surface area contributed by atoms with Gasteiger partial charge in [-0.15, -0.1) is 0 Å². The van der Waals surface area contributed by atoms with Gasteiger partial charge in [0, 0.05) is 24.9 Å². The Kier molecular flexibility index (Phi) is 2.33. The Morgan fingerprint density at radius 3 is 2.89 bits per heavy atom. The fourth-order valence-corrected chi connectivity index (χ4v) is 1.76. The van der Waals surface area contributed by atoms with E-state index >= 15 is 0 Å². The van der Waals surface area contributed by atoms with Crippen molar-refractivity contribution < 1.29 is 0 Å². The molecule has 0 unspecified atom stereocenters. The SMILES string of the molecule is CNc1ccc2[nH]c(-c3cc[nH]c(=O)c3)nc2n1. The van der Waals surface area contributed by atoms with Crippen LogP contribution < -0.4 is 10.9 Å². The number of H-pyrrole nitrogens is 2. The minimum atomic E-state index is -0.156. The van der Waals surface area contributed by atoms with Gasteiger partial charge in [-0.05, 0) is 18.2 Å². The van der Waals surface area contributed by atoms with E-state index in [-0.39, 0.29) is 5.56 Å². The Labute approximate surface area is 102 Å². The Morgan fingerprint density at radius 1 is 1.22 bits per heavy atom. The molecule has 3 aromatic heterocycles. The maximum atomic E-state index is 11.3. The third kappa shape index (κ3) is 1.73. The number of imidazole rings is 1. The molecule has 0 aliphatic carbocycles. The van der Waals surface area contributed by atoms with Crippen LogP contribution in [0.5, 0.6) is 0 Å². The van der Waals surface area contributed by atoms with Crippen LogP contribution in [0.15, 0.2) is 35.3 Å². The first kappa shape index (κ1) is 10.5. The summed E-state index contributed by atoms with van der Waals surface area (Å²) in [5.41, 5.74) is 2.04. The molecule has 0 saturated heterocycles. The van der Waals surface area contributed by atoms with Gasteiger partial charge in [0.05, 0.1) is 5.52 Å². The Bertz CT molecular complexity index is 758. The zero-order valence-electron chi connectivity index (χ0n) is 9.69. The van der Waals surface area contributed by atoms with Crippen molar-refractivity contribution >= 4 is 17.0 Å². The topological polar surface area (TPSA) is 86.5 Å². The molecule has 18 heavy (non-hydrogen) atoms. The van der Waals surface area contributed by atoms with Crippen molar-refractivity contribution in [2.24, 2.45) is 0 Å². The molecule has 90 valence electrons. The molecule has 0 spiro atoms. The van der Waals surface area contributed by atoms with Crippen LogP contribution in [0.25, 0.3) is 22.6 Å². The van der Waals surface area contributed by atoms with Gasteiger partial charge < -0.3 is 15.3 Å². The molecule has 0 amide bonds. The second-order valence-electron chi connectivity index (χ2n) is 3.84. The van der Waals surface area contributed by atoms with E-state index in [1.54, 1.807) is 19.3 Å². The molecule has 6 nitrogen and oxygen atoms in total. The van der Waals surface area contributed by atoms with Gasteiger partial charge in [-0.2, -0.15) is 0 Å². The summed E-state index contributed by atoms with van der Waals surface area (Å²) in [4.78, 5) is 25.7. The van der Waals surface area contributed by atoms with Gasteiger partial charge in [-0.3, -0.25) is 4.79 Å². The highest BCUT2D eigenvalue weighted by Gasteiger charge is 2.07. The molecular formula is C12H11N5O. The first-order valence-corrected chi connectivity index (χ1v) is 5.50. The number of fused-ring (bicyclic) bond motifs is 1. The number of aromatic nitrogens is 4. The van der Waals surface area contributed by atoms with E-state index < -0.39 is 0 Å². The number of hydrogen-bond acceptors (Lipinski definition) is 4.